The van der Waals surface area contributed by atoms with Crippen LogP contribution in [0.1, 0.15) is 42.5 Å². The van der Waals surface area contributed by atoms with Crippen LogP contribution in [-0.2, 0) is 4.79 Å². The normalized spacial score (nSPS) is 20.3. The number of carboxylic acids is 1. The molecule has 1 aliphatic heterocycles. The van der Waals surface area contributed by atoms with Crippen molar-refractivity contribution in [1.29, 1.82) is 0 Å². The zero-order valence-corrected chi connectivity index (χ0v) is 13.6. The van der Waals surface area contributed by atoms with Gasteiger partial charge in [0.25, 0.3) is 5.91 Å². The molecule has 2 fully saturated rings. The molecule has 2 heterocycles. The molecular weight excluding hydrogens is 316 g/mol. The van der Waals surface area contributed by atoms with Crippen LogP contribution < -0.4 is 10.1 Å². The maximum atomic E-state index is 12.5. The molecule has 1 aromatic heterocycles. The van der Waals surface area contributed by atoms with Gasteiger partial charge in [-0.3, -0.25) is 4.79 Å². The SMILES string of the molecule is O=C(NC1(C(=O)O)CCSCC1)c1ccnc(OC2CCC2)c1. The fourth-order valence-corrected chi connectivity index (χ4v) is 3.87. The summed E-state index contributed by atoms with van der Waals surface area (Å²) in [5, 5.41) is 12.3. The molecule has 1 amide bonds. The molecule has 2 N–H and O–H groups in total. The van der Waals surface area contributed by atoms with Crippen molar-refractivity contribution in [3.8, 4) is 5.88 Å². The van der Waals surface area contributed by atoms with E-state index >= 15 is 0 Å². The molecule has 0 bridgehead atoms. The first kappa shape index (κ1) is 16.1. The summed E-state index contributed by atoms with van der Waals surface area (Å²) < 4.78 is 5.69. The lowest BCUT2D eigenvalue weighted by molar-refractivity contribution is -0.144. The number of hydrogen-bond acceptors (Lipinski definition) is 5. The smallest absolute Gasteiger partial charge is 0.329 e. The lowest BCUT2D eigenvalue weighted by Gasteiger charge is -2.33. The van der Waals surface area contributed by atoms with E-state index in [-0.39, 0.29) is 12.0 Å². The summed E-state index contributed by atoms with van der Waals surface area (Å²) in [5.41, 5.74) is -0.784. The van der Waals surface area contributed by atoms with Gasteiger partial charge in [-0.15, -0.1) is 0 Å². The van der Waals surface area contributed by atoms with E-state index in [2.05, 4.69) is 10.3 Å². The van der Waals surface area contributed by atoms with Gasteiger partial charge in [0.05, 0.1) is 0 Å². The number of aromatic nitrogens is 1. The Morgan fingerprint density at radius 1 is 1.35 bits per heavy atom. The van der Waals surface area contributed by atoms with Crippen molar-refractivity contribution in [2.24, 2.45) is 0 Å². The molecule has 0 unspecified atom stereocenters. The van der Waals surface area contributed by atoms with E-state index < -0.39 is 11.5 Å². The molecule has 1 saturated heterocycles. The van der Waals surface area contributed by atoms with Crippen LogP contribution in [0, 0.1) is 0 Å². The van der Waals surface area contributed by atoms with Gasteiger partial charge in [0.1, 0.15) is 11.6 Å². The Labute approximate surface area is 139 Å². The maximum Gasteiger partial charge on any atom is 0.329 e. The first-order valence-corrected chi connectivity index (χ1v) is 9.01. The van der Waals surface area contributed by atoms with Crippen molar-refractivity contribution in [1.82, 2.24) is 10.3 Å². The molecule has 0 atom stereocenters. The van der Waals surface area contributed by atoms with Gasteiger partial charge in [0.2, 0.25) is 5.88 Å². The third kappa shape index (κ3) is 3.60. The first-order valence-electron chi connectivity index (χ1n) is 7.85. The van der Waals surface area contributed by atoms with Crippen LogP contribution in [0.3, 0.4) is 0 Å². The molecule has 2 aliphatic rings. The number of ether oxygens (including phenoxy) is 1. The molecule has 1 saturated carbocycles. The van der Waals surface area contributed by atoms with Gasteiger partial charge in [0.15, 0.2) is 0 Å². The Hall–Kier alpha value is -1.76. The Balaban J connectivity index is 1.71. The standard InChI is InChI=1S/C16H20N2O4S/c19-14(18-16(15(20)21)5-8-23-9-6-16)11-4-7-17-13(10-11)22-12-2-1-3-12/h4,7,10,12H,1-3,5-6,8-9H2,(H,18,19)(H,20,21). The topological polar surface area (TPSA) is 88.5 Å². The number of thioether (sulfide) groups is 1. The predicted molar refractivity (Wildman–Crippen MR) is 86.9 cm³/mol. The highest BCUT2D eigenvalue weighted by Gasteiger charge is 2.41. The summed E-state index contributed by atoms with van der Waals surface area (Å²) in [7, 11) is 0. The lowest BCUT2D eigenvalue weighted by atomic mass is 9.92. The van der Waals surface area contributed by atoms with E-state index in [1.54, 1.807) is 23.9 Å². The van der Waals surface area contributed by atoms with Gasteiger partial charge in [-0.1, -0.05) is 0 Å². The highest BCUT2D eigenvalue weighted by Crippen LogP contribution is 2.28. The highest BCUT2D eigenvalue weighted by molar-refractivity contribution is 7.99. The van der Waals surface area contributed by atoms with E-state index in [1.165, 1.54) is 6.20 Å². The summed E-state index contributed by atoms with van der Waals surface area (Å²) >= 11 is 1.71. The fourth-order valence-electron chi connectivity index (χ4n) is 2.68. The van der Waals surface area contributed by atoms with Gasteiger partial charge < -0.3 is 15.2 Å². The minimum absolute atomic E-state index is 0.182. The maximum absolute atomic E-state index is 12.5. The second-order valence-corrected chi connectivity index (χ2v) is 7.23. The van der Waals surface area contributed by atoms with Gasteiger partial charge >= 0.3 is 5.97 Å². The number of nitrogens with zero attached hydrogens (tertiary/aromatic N) is 1. The van der Waals surface area contributed by atoms with Gasteiger partial charge in [0, 0.05) is 17.8 Å². The van der Waals surface area contributed by atoms with E-state index in [9.17, 15) is 14.7 Å². The van der Waals surface area contributed by atoms with Crippen molar-refractivity contribution in [2.45, 2.75) is 43.7 Å². The zero-order chi connectivity index (χ0) is 16.3. The summed E-state index contributed by atoms with van der Waals surface area (Å²) in [6.07, 6.45) is 5.76. The van der Waals surface area contributed by atoms with Crippen LogP contribution in [0.4, 0.5) is 0 Å². The van der Waals surface area contributed by atoms with Crippen molar-refractivity contribution in [3.05, 3.63) is 23.9 Å². The van der Waals surface area contributed by atoms with Crippen molar-refractivity contribution in [2.75, 3.05) is 11.5 Å². The number of rotatable bonds is 5. The number of hydrogen-bond donors (Lipinski definition) is 2. The molecule has 23 heavy (non-hydrogen) atoms. The third-order valence-corrected chi connectivity index (χ3v) is 5.43. The predicted octanol–water partition coefficient (Wildman–Crippen LogP) is 2.09. The fraction of sp³-hybridized carbons (Fsp3) is 0.562. The second-order valence-electron chi connectivity index (χ2n) is 6.01. The van der Waals surface area contributed by atoms with Crippen LogP contribution >= 0.6 is 11.8 Å². The Kier molecular flexibility index (Phi) is 4.75. The lowest BCUT2D eigenvalue weighted by Crippen LogP contribution is -2.56. The van der Waals surface area contributed by atoms with Gasteiger partial charge in [-0.2, -0.15) is 11.8 Å². The molecule has 0 radical (unpaired) electrons. The number of nitrogens with one attached hydrogen (secondary N) is 1. The number of carbonyl (C=O) groups excluding carboxylic acids is 1. The average molecular weight is 336 g/mol. The Bertz CT molecular complexity index is 597. The number of carbonyl (C=O) groups is 2. The van der Waals surface area contributed by atoms with Crippen LogP contribution in [0.5, 0.6) is 5.88 Å². The molecule has 1 aromatic rings. The number of pyridine rings is 1. The van der Waals surface area contributed by atoms with E-state index in [4.69, 9.17) is 4.74 Å². The monoisotopic (exact) mass is 336 g/mol. The summed E-state index contributed by atoms with van der Waals surface area (Å²) in [6.45, 7) is 0. The number of carboxylic acid groups (broad SMARTS) is 1. The minimum Gasteiger partial charge on any atom is -0.480 e. The Morgan fingerprint density at radius 3 is 2.70 bits per heavy atom. The van der Waals surface area contributed by atoms with E-state index in [0.717, 1.165) is 30.8 Å². The molecule has 7 heteroatoms. The second kappa shape index (κ2) is 6.78. The zero-order valence-electron chi connectivity index (χ0n) is 12.8. The summed E-state index contributed by atoms with van der Waals surface area (Å²) in [6, 6.07) is 3.16. The molecule has 0 spiro atoms. The van der Waals surface area contributed by atoms with Crippen LogP contribution in [-0.4, -0.2) is 45.1 Å². The number of aliphatic carboxylic acids is 1. The van der Waals surface area contributed by atoms with Crippen molar-refractivity contribution in [3.63, 3.8) is 0 Å². The van der Waals surface area contributed by atoms with Crippen LogP contribution in [0.2, 0.25) is 0 Å². The number of amides is 1. The molecule has 3 rings (SSSR count). The molecule has 6 nitrogen and oxygen atoms in total. The first-order chi connectivity index (χ1) is 11.1. The average Bonchev–Trinajstić information content (AvgIpc) is 2.52. The molecule has 124 valence electrons. The molecular formula is C16H20N2O4S. The van der Waals surface area contributed by atoms with Crippen molar-refractivity contribution >= 4 is 23.6 Å². The van der Waals surface area contributed by atoms with Crippen molar-refractivity contribution < 1.29 is 19.4 Å². The quantitative estimate of drug-likeness (QED) is 0.856. The summed E-state index contributed by atoms with van der Waals surface area (Å²) in [4.78, 5) is 28.2. The van der Waals surface area contributed by atoms with Gasteiger partial charge in [-0.05, 0) is 49.7 Å². The van der Waals surface area contributed by atoms with E-state index in [1.807, 2.05) is 0 Å². The van der Waals surface area contributed by atoms with E-state index in [0.29, 0.717) is 24.3 Å². The van der Waals surface area contributed by atoms with Gasteiger partial charge in [-0.25, -0.2) is 9.78 Å². The van der Waals surface area contributed by atoms with Crippen LogP contribution in [0.15, 0.2) is 18.3 Å². The Morgan fingerprint density at radius 2 is 2.09 bits per heavy atom. The third-order valence-electron chi connectivity index (χ3n) is 4.45. The van der Waals surface area contributed by atoms with Crippen LogP contribution in [0.25, 0.3) is 0 Å². The minimum atomic E-state index is -1.17. The largest absolute Gasteiger partial charge is 0.480 e. The summed E-state index contributed by atoms with van der Waals surface area (Å²) in [5.74, 6) is 0.537. The molecule has 1 aliphatic carbocycles. The highest BCUT2D eigenvalue weighted by atomic mass is 32.2. The molecule has 0 aromatic carbocycles.